The van der Waals surface area contributed by atoms with Crippen molar-refractivity contribution in [3.05, 3.63) is 27.7 Å². The number of nitrogens with two attached hydrogens (primary N) is 1. The van der Waals surface area contributed by atoms with Crippen LogP contribution in [-0.4, -0.2) is 15.0 Å². The highest BCUT2D eigenvalue weighted by Gasteiger charge is 2.19. The second kappa shape index (κ2) is 5.33. The van der Waals surface area contributed by atoms with E-state index in [2.05, 4.69) is 4.72 Å². The fourth-order valence-electron chi connectivity index (χ4n) is 1.23. The lowest BCUT2D eigenvalue weighted by Gasteiger charge is -2.10. The van der Waals surface area contributed by atoms with Crippen LogP contribution in [0.1, 0.15) is 12.5 Å². The summed E-state index contributed by atoms with van der Waals surface area (Å²) < 4.78 is 25.9. The van der Waals surface area contributed by atoms with E-state index < -0.39 is 10.0 Å². The summed E-state index contributed by atoms with van der Waals surface area (Å²) in [5, 5.41) is 0.411. The van der Waals surface area contributed by atoms with Crippen molar-refractivity contribution >= 4 is 33.2 Å². The molecule has 0 heterocycles. The van der Waals surface area contributed by atoms with Crippen molar-refractivity contribution < 1.29 is 8.42 Å². The van der Waals surface area contributed by atoms with Crippen molar-refractivity contribution in [2.24, 2.45) is 5.73 Å². The highest BCUT2D eigenvalue weighted by molar-refractivity contribution is 7.89. The van der Waals surface area contributed by atoms with Gasteiger partial charge in [-0.05, 0) is 17.7 Å². The molecule has 16 heavy (non-hydrogen) atoms. The van der Waals surface area contributed by atoms with Crippen molar-refractivity contribution in [2.75, 3.05) is 6.54 Å². The molecule has 0 fully saturated rings. The molecule has 0 aromatic heterocycles. The quantitative estimate of drug-likeness (QED) is 0.884. The summed E-state index contributed by atoms with van der Waals surface area (Å²) in [7, 11) is -3.62. The molecule has 0 saturated heterocycles. The molecule has 0 saturated carbocycles. The first-order chi connectivity index (χ1) is 7.42. The number of nitrogens with one attached hydrogen (secondary N) is 1. The Balaban J connectivity index is 3.39. The van der Waals surface area contributed by atoms with Crippen molar-refractivity contribution in [3.8, 4) is 0 Å². The maximum atomic E-state index is 11.8. The van der Waals surface area contributed by atoms with Gasteiger partial charge in [-0.3, -0.25) is 0 Å². The molecule has 0 radical (unpaired) electrons. The summed E-state index contributed by atoms with van der Waals surface area (Å²) in [6.45, 7) is 2.09. The lowest BCUT2D eigenvalue weighted by molar-refractivity contribution is 0.584. The minimum atomic E-state index is -3.62. The lowest BCUT2D eigenvalue weighted by atomic mass is 10.2. The van der Waals surface area contributed by atoms with Gasteiger partial charge in [-0.1, -0.05) is 30.1 Å². The third-order valence-corrected chi connectivity index (χ3v) is 4.27. The van der Waals surface area contributed by atoms with E-state index in [4.69, 9.17) is 28.9 Å². The maximum absolute atomic E-state index is 11.8. The molecule has 7 heteroatoms. The molecular formula is C9H12Cl2N2O2S. The van der Waals surface area contributed by atoms with Crippen LogP contribution >= 0.6 is 23.2 Å². The van der Waals surface area contributed by atoms with E-state index in [-0.39, 0.29) is 23.0 Å². The average molecular weight is 283 g/mol. The van der Waals surface area contributed by atoms with E-state index in [1.54, 1.807) is 13.0 Å². The van der Waals surface area contributed by atoms with E-state index in [0.717, 1.165) is 0 Å². The fourth-order valence-corrected chi connectivity index (χ4v) is 3.21. The number of sulfonamides is 1. The van der Waals surface area contributed by atoms with Crippen LogP contribution in [0.25, 0.3) is 0 Å². The number of hydrogen-bond acceptors (Lipinski definition) is 3. The third-order valence-electron chi connectivity index (χ3n) is 1.92. The number of benzene rings is 1. The topological polar surface area (TPSA) is 72.2 Å². The largest absolute Gasteiger partial charge is 0.326 e. The van der Waals surface area contributed by atoms with Gasteiger partial charge >= 0.3 is 0 Å². The van der Waals surface area contributed by atoms with Crippen LogP contribution in [0.15, 0.2) is 17.0 Å². The Morgan fingerprint density at radius 2 is 2.00 bits per heavy atom. The first-order valence-electron chi connectivity index (χ1n) is 4.60. The average Bonchev–Trinajstić information content (AvgIpc) is 2.20. The first kappa shape index (κ1) is 13.7. The Morgan fingerprint density at radius 1 is 1.38 bits per heavy atom. The summed E-state index contributed by atoms with van der Waals surface area (Å²) in [5.74, 6) is 0. The molecule has 0 aliphatic heterocycles. The Bertz CT molecular complexity index is 489. The lowest BCUT2D eigenvalue weighted by Crippen LogP contribution is -2.23. The predicted molar refractivity (Wildman–Crippen MR) is 65.2 cm³/mol. The molecular weight excluding hydrogens is 271 g/mol. The van der Waals surface area contributed by atoms with Gasteiger partial charge < -0.3 is 5.73 Å². The molecule has 0 atom stereocenters. The smallest absolute Gasteiger partial charge is 0.242 e. The molecule has 3 N–H and O–H groups in total. The van der Waals surface area contributed by atoms with Gasteiger partial charge in [-0.2, -0.15) is 0 Å². The Labute approximate surface area is 105 Å². The molecule has 4 nitrogen and oxygen atoms in total. The molecule has 0 spiro atoms. The van der Waals surface area contributed by atoms with Gasteiger partial charge in [-0.15, -0.1) is 0 Å². The van der Waals surface area contributed by atoms with E-state index in [1.165, 1.54) is 6.07 Å². The van der Waals surface area contributed by atoms with E-state index >= 15 is 0 Å². The zero-order valence-corrected chi connectivity index (χ0v) is 11.0. The van der Waals surface area contributed by atoms with E-state index in [1.807, 2.05) is 0 Å². The van der Waals surface area contributed by atoms with Gasteiger partial charge in [0.2, 0.25) is 10.0 Å². The molecule has 0 amide bonds. The van der Waals surface area contributed by atoms with Crippen molar-refractivity contribution in [1.29, 1.82) is 0 Å². The molecule has 1 rings (SSSR count). The summed E-state index contributed by atoms with van der Waals surface area (Å²) >= 11 is 11.7. The molecule has 0 bridgehead atoms. The van der Waals surface area contributed by atoms with Crippen LogP contribution in [0.3, 0.4) is 0 Å². The van der Waals surface area contributed by atoms with Crippen LogP contribution < -0.4 is 10.5 Å². The standard InChI is InChI=1S/C9H12Cl2N2O2S/c1-2-13-16(14,15)8-4-7(10)3-6(5-12)9(8)11/h3-4,13H,2,5,12H2,1H3. The van der Waals surface area contributed by atoms with Crippen LogP contribution in [0, 0.1) is 0 Å². The third kappa shape index (κ3) is 2.87. The molecule has 1 aromatic carbocycles. The number of rotatable bonds is 4. The van der Waals surface area contributed by atoms with Gasteiger partial charge in [0, 0.05) is 18.1 Å². The summed E-state index contributed by atoms with van der Waals surface area (Å²) in [4.78, 5) is -0.0380. The second-order valence-electron chi connectivity index (χ2n) is 3.08. The van der Waals surface area contributed by atoms with Crippen LogP contribution in [0.2, 0.25) is 10.0 Å². The molecule has 0 aliphatic rings. The Kier molecular flexibility index (Phi) is 4.58. The van der Waals surface area contributed by atoms with E-state index in [0.29, 0.717) is 10.6 Å². The van der Waals surface area contributed by atoms with Crippen molar-refractivity contribution in [2.45, 2.75) is 18.4 Å². The SMILES string of the molecule is CCNS(=O)(=O)c1cc(Cl)cc(CN)c1Cl. The Morgan fingerprint density at radius 3 is 2.50 bits per heavy atom. The minimum absolute atomic E-state index is 0.0380. The monoisotopic (exact) mass is 282 g/mol. The number of hydrogen-bond donors (Lipinski definition) is 2. The molecule has 90 valence electrons. The second-order valence-corrected chi connectivity index (χ2v) is 5.63. The molecule has 1 aromatic rings. The van der Waals surface area contributed by atoms with Crippen molar-refractivity contribution in [1.82, 2.24) is 4.72 Å². The summed E-state index contributed by atoms with van der Waals surface area (Å²) in [5.41, 5.74) is 5.95. The first-order valence-corrected chi connectivity index (χ1v) is 6.84. The summed E-state index contributed by atoms with van der Waals surface area (Å²) in [6.07, 6.45) is 0. The van der Waals surface area contributed by atoms with Gasteiger partial charge in [0.1, 0.15) is 4.90 Å². The van der Waals surface area contributed by atoms with Crippen LogP contribution in [0.4, 0.5) is 0 Å². The van der Waals surface area contributed by atoms with Gasteiger partial charge in [0.15, 0.2) is 0 Å². The highest BCUT2D eigenvalue weighted by Crippen LogP contribution is 2.29. The van der Waals surface area contributed by atoms with Gasteiger partial charge in [0.25, 0.3) is 0 Å². The minimum Gasteiger partial charge on any atom is -0.326 e. The van der Waals surface area contributed by atoms with E-state index in [9.17, 15) is 8.42 Å². The number of halogens is 2. The fraction of sp³-hybridized carbons (Fsp3) is 0.333. The van der Waals surface area contributed by atoms with Gasteiger partial charge in [0.05, 0.1) is 5.02 Å². The summed E-state index contributed by atoms with van der Waals surface area (Å²) in [6, 6.07) is 2.86. The zero-order valence-electron chi connectivity index (χ0n) is 8.63. The van der Waals surface area contributed by atoms with Crippen molar-refractivity contribution in [3.63, 3.8) is 0 Å². The normalized spacial score (nSPS) is 11.8. The highest BCUT2D eigenvalue weighted by atomic mass is 35.5. The maximum Gasteiger partial charge on any atom is 0.242 e. The van der Waals surface area contributed by atoms with Crippen LogP contribution in [-0.2, 0) is 16.6 Å². The molecule has 0 unspecified atom stereocenters. The van der Waals surface area contributed by atoms with Gasteiger partial charge in [-0.25, -0.2) is 13.1 Å². The Hall–Kier alpha value is -0.330. The van der Waals surface area contributed by atoms with Crippen LogP contribution in [0.5, 0.6) is 0 Å². The predicted octanol–water partition coefficient (Wildman–Crippen LogP) is 1.75. The molecule has 0 aliphatic carbocycles. The zero-order chi connectivity index (χ0) is 12.3.